The van der Waals surface area contributed by atoms with E-state index in [1.54, 1.807) is 19.0 Å². The van der Waals surface area contributed by atoms with E-state index in [-0.39, 0.29) is 12.5 Å². The van der Waals surface area contributed by atoms with E-state index in [4.69, 9.17) is 0 Å². The first-order valence-electron chi connectivity index (χ1n) is 9.09. The summed E-state index contributed by atoms with van der Waals surface area (Å²) in [6, 6.07) is 0.367. The summed E-state index contributed by atoms with van der Waals surface area (Å²) in [7, 11) is 3.52. The molecule has 0 bridgehead atoms. The highest BCUT2D eigenvalue weighted by Crippen LogP contribution is 2.27. The fourth-order valence-corrected chi connectivity index (χ4v) is 2.94. The van der Waals surface area contributed by atoms with Gasteiger partial charge in [0.15, 0.2) is 5.96 Å². The highest BCUT2D eigenvalue weighted by atomic mass is 16.2. The van der Waals surface area contributed by atoms with Crippen molar-refractivity contribution >= 4 is 11.9 Å². The van der Waals surface area contributed by atoms with Crippen molar-refractivity contribution in [1.82, 2.24) is 24.7 Å². The van der Waals surface area contributed by atoms with Crippen molar-refractivity contribution in [2.24, 2.45) is 16.8 Å². The molecule has 1 aliphatic rings. The molecule has 1 amide bonds. The second kappa shape index (κ2) is 8.87. The van der Waals surface area contributed by atoms with Crippen LogP contribution >= 0.6 is 0 Å². The van der Waals surface area contributed by atoms with Gasteiger partial charge in [-0.15, -0.1) is 0 Å². The van der Waals surface area contributed by atoms with Gasteiger partial charge in [0.05, 0.1) is 12.4 Å². The Hall–Kier alpha value is -2.05. The predicted molar refractivity (Wildman–Crippen MR) is 100 cm³/mol. The minimum atomic E-state index is 0.0142. The molecular weight excluding hydrogens is 316 g/mol. The van der Waals surface area contributed by atoms with Gasteiger partial charge in [-0.25, -0.2) is 9.98 Å². The summed E-state index contributed by atoms with van der Waals surface area (Å²) >= 11 is 0. The molecule has 1 saturated heterocycles. The van der Waals surface area contributed by atoms with Crippen molar-refractivity contribution in [2.75, 3.05) is 40.3 Å². The average molecular weight is 348 g/mol. The van der Waals surface area contributed by atoms with Crippen molar-refractivity contribution in [1.29, 1.82) is 0 Å². The van der Waals surface area contributed by atoms with Gasteiger partial charge in [0, 0.05) is 46.1 Å². The molecule has 1 aliphatic heterocycles. The highest BCUT2D eigenvalue weighted by Gasteiger charge is 2.29. The summed E-state index contributed by atoms with van der Waals surface area (Å²) in [5, 5.41) is 3.44. The number of likely N-dealkylation sites (N-methyl/N-ethyl adjacent to an activating group) is 1. The molecule has 25 heavy (non-hydrogen) atoms. The second-order valence-corrected chi connectivity index (χ2v) is 7.49. The van der Waals surface area contributed by atoms with Crippen LogP contribution in [0.1, 0.15) is 33.2 Å². The number of hydrogen-bond acceptors (Lipinski definition) is 3. The van der Waals surface area contributed by atoms with E-state index >= 15 is 0 Å². The van der Waals surface area contributed by atoms with Crippen LogP contribution in [0.4, 0.5) is 0 Å². The summed E-state index contributed by atoms with van der Waals surface area (Å²) in [6.45, 7) is 9.47. The van der Waals surface area contributed by atoms with Crippen LogP contribution in [0.2, 0.25) is 0 Å². The number of aromatic nitrogens is 2. The smallest absolute Gasteiger partial charge is 0.243 e. The van der Waals surface area contributed by atoms with E-state index in [9.17, 15) is 4.79 Å². The van der Waals surface area contributed by atoms with Crippen LogP contribution in [0.15, 0.2) is 23.7 Å². The molecule has 2 rings (SSSR count). The van der Waals surface area contributed by atoms with E-state index in [0.717, 1.165) is 32.0 Å². The minimum Gasteiger partial charge on any atom is -0.356 e. The molecule has 1 aromatic heterocycles. The summed E-state index contributed by atoms with van der Waals surface area (Å²) < 4.78 is 2.18. The summed E-state index contributed by atoms with van der Waals surface area (Å²) in [5.74, 6) is 1.95. The largest absolute Gasteiger partial charge is 0.356 e. The Kier molecular flexibility index (Phi) is 6.84. The Balaban J connectivity index is 2.12. The molecule has 0 saturated carbocycles. The molecule has 7 nitrogen and oxygen atoms in total. The molecule has 0 radical (unpaired) electrons. The maximum Gasteiger partial charge on any atom is 0.243 e. The Morgan fingerprint density at radius 2 is 2.20 bits per heavy atom. The van der Waals surface area contributed by atoms with Gasteiger partial charge < -0.3 is 19.7 Å². The van der Waals surface area contributed by atoms with Crippen LogP contribution in [-0.2, 0) is 4.79 Å². The molecule has 2 heterocycles. The summed E-state index contributed by atoms with van der Waals surface area (Å²) in [5.41, 5.74) is 0. The molecule has 2 atom stereocenters. The van der Waals surface area contributed by atoms with Gasteiger partial charge in [0.1, 0.15) is 6.54 Å². The molecule has 0 aliphatic carbocycles. The third-order valence-electron chi connectivity index (χ3n) is 4.66. The number of piperidine rings is 1. The van der Waals surface area contributed by atoms with Gasteiger partial charge in [0.2, 0.25) is 5.91 Å². The van der Waals surface area contributed by atoms with Crippen molar-refractivity contribution in [2.45, 2.75) is 33.2 Å². The molecular formula is C18H32N6O. The van der Waals surface area contributed by atoms with Crippen LogP contribution < -0.4 is 5.32 Å². The van der Waals surface area contributed by atoms with E-state index in [1.165, 1.54) is 0 Å². The molecule has 1 aromatic rings. The van der Waals surface area contributed by atoms with Crippen molar-refractivity contribution in [3.05, 3.63) is 18.7 Å². The lowest BCUT2D eigenvalue weighted by Gasteiger charge is -2.39. The molecule has 2 unspecified atom stereocenters. The Morgan fingerprint density at radius 3 is 2.80 bits per heavy atom. The topological polar surface area (TPSA) is 65.8 Å². The highest BCUT2D eigenvalue weighted by molar-refractivity contribution is 5.85. The van der Waals surface area contributed by atoms with Crippen LogP contribution in [0.25, 0.3) is 0 Å². The first-order chi connectivity index (χ1) is 11.9. The number of nitrogens with one attached hydrogen (secondary N) is 1. The Bertz CT molecular complexity index is 566. The lowest BCUT2D eigenvalue weighted by Crippen LogP contribution is -2.50. The Labute approximate surface area is 151 Å². The number of nitrogens with zero attached hydrogens (tertiary/aromatic N) is 5. The fourth-order valence-electron chi connectivity index (χ4n) is 2.94. The number of aliphatic imine (C=N–C) groups is 1. The zero-order chi connectivity index (χ0) is 18.4. The lowest BCUT2D eigenvalue weighted by molar-refractivity contribution is -0.127. The number of carbonyl (C=O) groups is 1. The molecule has 1 fully saturated rings. The maximum atomic E-state index is 11.9. The zero-order valence-corrected chi connectivity index (χ0v) is 16.1. The first kappa shape index (κ1) is 19.3. The SMILES string of the molecule is CC(C)CNC(=NCC(=O)N(C)C)N1CCC(C)C(n2ccnc2)C1. The standard InChI is InChI=1S/C18H32N6O/c1-14(2)10-20-18(21-11-17(25)22(4)5)23-8-6-15(3)16(12-23)24-9-7-19-13-24/h7,9,13-16H,6,8,10-12H2,1-5H3,(H,20,21). The monoisotopic (exact) mass is 348 g/mol. The maximum absolute atomic E-state index is 11.9. The Morgan fingerprint density at radius 1 is 1.44 bits per heavy atom. The molecule has 1 N–H and O–H groups in total. The molecule has 0 spiro atoms. The van der Waals surface area contributed by atoms with Crippen LogP contribution in [-0.4, -0.2) is 71.5 Å². The number of hydrogen-bond donors (Lipinski definition) is 1. The third kappa shape index (κ3) is 5.47. The van der Waals surface area contributed by atoms with Gasteiger partial charge in [-0.05, 0) is 18.3 Å². The predicted octanol–water partition coefficient (Wildman–Crippen LogP) is 1.46. The van der Waals surface area contributed by atoms with Crippen molar-refractivity contribution in [3.63, 3.8) is 0 Å². The number of likely N-dealkylation sites (tertiary alicyclic amines) is 1. The third-order valence-corrected chi connectivity index (χ3v) is 4.66. The zero-order valence-electron chi connectivity index (χ0n) is 16.1. The van der Waals surface area contributed by atoms with Gasteiger partial charge in [-0.3, -0.25) is 4.79 Å². The summed E-state index contributed by atoms with van der Waals surface area (Å²) in [6.07, 6.45) is 6.83. The van der Waals surface area contributed by atoms with Crippen LogP contribution in [0.3, 0.4) is 0 Å². The van der Waals surface area contributed by atoms with Gasteiger partial charge in [-0.2, -0.15) is 0 Å². The first-order valence-corrected chi connectivity index (χ1v) is 9.09. The molecule has 7 heteroatoms. The number of amides is 1. The van der Waals surface area contributed by atoms with Gasteiger partial charge >= 0.3 is 0 Å². The van der Waals surface area contributed by atoms with Crippen molar-refractivity contribution in [3.8, 4) is 0 Å². The number of rotatable bonds is 5. The quantitative estimate of drug-likeness (QED) is 0.646. The fraction of sp³-hybridized carbons (Fsp3) is 0.722. The minimum absolute atomic E-state index is 0.0142. The lowest BCUT2D eigenvalue weighted by atomic mass is 9.93. The van der Waals surface area contributed by atoms with Gasteiger partial charge in [0.25, 0.3) is 0 Å². The second-order valence-electron chi connectivity index (χ2n) is 7.49. The molecule has 0 aromatic carbocycles. The number of carbonyl (C=O) groups excluding carboxylic acids is 1. The number of imidazole rings is 1. The summed E-state index contributed by atoms with van der Waals surface area (Å²) in [4.78, 5) is 24.6. The van der Waals surface area contributed by atoms with E-state index in [2.05, 4.69) is 45.5 Å². The van der Waals surface area contributed by atoms with Crippen LogP contribution in [0, 0.1) is 11.8 Å². The normalized spacial score (nSPS) is 21.5. The molecule has 140 valence electrons. The van der Waals surface area contributed by atoms with E-state index in [0.29, 0.717) is 17.9 Å². The number of guanidine groups is 1. The van der Waals surface area contributed by atoms with Crippen molar-refractivity contribution < 1.29 is 4.79 Å². The van der Waals surface area contributed by atoms with E-state index in [1.807, 2.05) is 18.7 Å². The average Bonchev–Trinajstić information content (AvgIpc) is 3.09. The van der Waals surface area contributed by atoms with E-state index < -0.39 is 0 Å². The van der Waals surface area contributed by atoms with Gasteiger partial charge in [-0.1, -0.05) is 20.8 Å². The van der Waals surface area contributed by atoms with Crippen LogP contribution in [0.5, 0.6) is 0 Å².